The van der Waals surface area contributed by atoms with Crippen LogP contribution in [0.15, 0.2) is 18.2 Å². The van der Waals surface area contributed by atoms with Gasteiger partial charge in [0.25, 0.3) is 5.69 Å². The Hall–Kier alpha value is -2.64. The Morgan fingerprint density at radius 1 is 1.20 bits per heavy atom. The van der Waals surface area contributed by atoms with Crippen molar-refractivity contribution in [3.8, 4) is 0 Å². The first-order valence-corrected chi connectivity index (χ1v) is 8.25. The Morgan fingerprint density at radius 3 is 2.52 bits per heavy atom. The van der Waals surface area contributed by atoms with Gasteiger partial charge in [0.2, 0.25) is 5.91 Å². The lowest BCUT2D eigenvalue weighted by Gasteiger charge is -2.25. The Morgan fingerprint density at radius 2 is 1.92 bits per heavy atom. The topological polar surface area (TPSA) is 93.0 Å². The summed E-state index contributed by atoms with van der Waals surface area (Å²) in [5, 5.41) is 11.1. The summed E-state index contributed by atoms with van der Waals surface area (Å²) in [7, 11) is 1.19. The van der Waals surface area contributed by atoms with Crippen molar-refractivity contribution in [3.05, 3.63) is 33.9 Å². The number of benzene rings is 1. The summed E-state index contributed by atoms with van der Waals surface area (Å²) in [6.45, 7) is 6.34. The lowest BCUT2D eigenvalue weighted by Crippen LogP contribution is -2.37. The summed E-state index contributed by atoms with van der Waals surface area (Å²) >= 11 is 0. The number of hydrogen-bond acceptors (Lipinski definition) is 6. The van der Waals surface area contributed by atoms with Gasteiger partial charge in [0, 0.05) is 43.9 Å². The van der Waals surface area contributed by atoms with Gasteiger partial charge in [-0.15, -0.1) is 0 Å². The third kappa shape index (κ3) is 4.26. The first kappa shape index (κ1) is 18.7. The van der Waals surface area contributed by atoms with E-state index in [4.69, 9.17) is 0 Å². The molecule has 25 heavy (non-hydrogen) atoms. The van der Waals surface area contributed by atoms with Gasteiger partial charge < -0.3 is 14.5 Å². The third-order valence-corrected chi connectivity index (χ3v) is 4.25. The van der Waals surface area contributed by atoms with Crippen LogP contribution >= 0.6 is 0 Å². The molecular weight excluding hydrogens is 326 g/mol. The van der Waals surface area contributed by atoms with Crippen LogP contribution in [-0.4, -0.2) is 55.0 Å². The average Bonchev–Trinajstić information content (AvgIpc) is 2.85. The molecule has 0 bridgehead atoms. The number of rotatable bonds is 4. The van der Waals surface area contributed by atoms with E-state index in [1.807, 2.05) is 23.6 Å². The number of amides is 1. The maximum absolute atomic E-state index is 12.2. The van der Waals surface area contributed by atoms with Gasteiger partial charge in [-0.05, 0) is 18.6 Å². The predicted molar refractivity (Wildman–Crippen MR) is 92.7 cm³/mol. The fraction of sp³-hybridized carbons (Fsp3) is 0.529. The summed E-state index contributed by atoms with van der Waals surface area (Å²) in [5.41, 5.74) is 0.372. The molecule has 1 heterocycles. The monoisotopic (exact) mass is 349 g/mol. The molecule has 1 fully saturated rings. The van der Waals surface area contributed by atoms with Crippen LogP contribution in [0, 0.1) is 16.0 Å². The highest BCUT2D eigenvalue weighted by molar-refractivity contribution is 5.95. The lowest BCUT2D eigenvalue weighted by atomic mass is 10.1. The van der Waals surface area contributed by atoms with Crippen molar-refractivity contribution in [1.82, 2.24) is 4.90 Å². The molecule has 0 radical (unpaired) electrons. The van der Waals surface area contributed by atoms with Gasteiger partial charge in [-0.25, -0.2) is 4.79 Å². The zero-order valence-corrected chi connectivity index (χ0v) is 14.7. The second-order valence-electron chi connectivity index (χ2n) is 6.27. The van der Waals surface area contributed by atoms with Gasteiger partial charge in [-0.3, -0.25) is 14.9 Å². The highest BCUT2D eigenvalue weighted by Gasteiger charge is 2.25. The molecule has 1 aromatic rings. The number of anilines is 1. The number of hydrogen-bond donors (Lipinski definition) is 0. The summed E-state index contributed by atoms with van der Waals surface area (Å²) < 4.78 is 4.65. The maximum Gasteiger partial charge on any atom is 0.344 e. The molecule has 1 aliphatic heterocycles. The molecule has 2 rings (SSSR count). The quantitative estimate of drug-likeness (QED) is 0.469. The van der Waals surface area contributed by atoms with Crippen LogP contribution < -0.4 is 4.90 Å². The van der Waals surface area contributed by atoms with Gasteiger partial charge in [-0.2, -0.15) is 0 Å². The van der Waals surface area contributed by atoms with Crippen molar-refractivity contribution in [2.24, 2.45) is 5.92 Å². The molecule has 0 aromatic heterocycles. The summed E-state index contributed by atoms with van der Waals surface area (Å²) in [6, 6.07) is 4.44. The zero-order valence-electron chi connectivity index (χ0n) is 14.7. The van der Waals surface area contributed by atoms with Gasteiger partial charge in [0.1, 0.15) is 5.56 Å². The van der Waals surface area contributed by atoms with E-state index >= 15 is 0 Å². The fourth-order valence-corrected chi connectivity index (χ4v) is 2.91. The third-order valence-electron chi connectivity index (χ3n) is 4.25. The van der Waals surface area contributed by atoms with Crippen molar-refractivity contribution < 1.29 is 19.2 Å². The lowest BCUT2D eigenvalue weighted by molar-refractivity contribution is -0.385. The first-order chi connectivity index (χ1) is 11.8. The minimum absolute atomic E-state index is 0.0446. The molecule has 0 N–H and O–H groups in total. The van der Waals surface area contributed by atoms with Gasteiger partial charge in [0.05, 0.1) is 12.0 Å². The smallest absolute Gasteiger partial charge is 0.344 e. The maximum atomic E-state index is 12.2. The van der Waals surface area contributed by atoms with Crippen LogP contribution in [0.5, 0.6) is 0 Å². The van der Waals surface area contributed by atoms with Gasteiger partial charge in [-0.1, -0.05) is 13.8 Å². The highest BCUT2D eigenvalue weighted by Crippen LogP contribution is 2.26. The molecule has 1 aliphatic rings. The first-order valence-electron chi connectivity index (χ1n) is 8.25. The minimum Gasteiger partial charge on any atom is -0.465 e. The molecule has 1 aromatic carbocycles. The van der Waals surface area contributed by atoms with E-state index in [1.54, 1.807) is 6.07 Å². The number of esters is 1. The SMILES string of the molecule is COC(=O)c1cc(N2CCCN(C(=O)C(C)C)CC2)ccc1[N+](=O)[O-]. The molecule has 0 saturated carbocycles. The number of nitro benzene ring substituents is 1. The fourth-order valence-electron chi connectivity index (χ4n) is 2.91. The molecule has 8 heteroatoms. The molecule has 136 valence electrons. The molecule has 1 amide bonds. The summed E-state index contributed by atoms with van der Waals surface area (Å²) in [6.07, 6.45) is 0.795. The summed E-state index contributed by atoms with van der Waals surface area (Å²) in [4.78, 5) is 38.4. The van der Waals surface area contributed by atoms with Crippen LogP contribution in [0.3, 0.4) is 0 Å². The van der Waals surface area contributed by atoms with Crippen LogP contribution in [0.25, 0.3) is 0 Å². The second kappa shape index (κ2) is 7.96. The second-order valence-corrected chi connectivity index (χ2v) is 6.27. The van der Waals surface area contributed by atoms with Crippen molar-refractivity contribution in [2.75, 3.05) is 38.2 Å². The number of methoxy groups -OCH3 is 1. The average molecular weight is 349 g/mol. The number of carbonyl (C=O) groups excluding carboxylic acids is 2. The van der Waals surface area contributed by atoms with E-state index in [-0.39, 0.29) is 23.1 Å². The highest BCUT2D eigenvalue weighted by atomic mass is 16.6. The summed E-state index contributed by atoms with van der Waals surface area (Å²) in [5.74, 6) is -0.655. The van der Waals surface area contributed by atoms with E-state index < -0.39 is 10.9 Å². The van der Waals surface area contributed by atoms with Gasteiger partial charge in [0.15, 0.2) is 0 Å². The van der Waals surface area contributed by atoms with Gasteiger partial charge >= 0.3 is 5.97 Å². The Bertz CT molecular complexity index is 674. The molecule has 8 nitrogen and oxygen atoms in total. The molecular formula is C17H23N3O5. The van der Waals surface area contributed by atoms with E-state index in [0.717, 1.165) is 6.42 Å². The van der Waals surface area contributed by atoms with Crippen LogP contribution in [-0.2, 0) is 9.53 Å². The van der Waals surface area contributed by atoms with Crippen molar-refractivity contribution in [3.63, 3.8) is 0 Å². The van der Waals surface area contributed by atoms with E-state index in [2.05, 4.69) is 4.74 Å². The minimum atomic E-state index is -0.736. The molecule has 0 spiro atoms. The Balaban J connectivity index is 2.22. The number of nitrogens with zero attached hydrogens (tertiary/aromatic N) is 3. The van der Waals surface area contributed by atoms with Crippen molar-refractivity contribution in [1.29, 1.82) is 0 Å². The van der Waals surface area contributed by atoms with E-state index in [0.29, 0.717) is 31.9 Å². The van der Waals surface area contributed by atoms with Crippen molar-refractivity contribution in [2.45, 2.75) is 20.3 Å². The zero-order chi connectivity index (χ0) is 18.6. The number of ether oxygens (including phenoxy) is 1. The largest absolute Gasteiger partial charge is 0.465 e. The predicted octanol–water partition coefficient (Wildman–Crippen LogP) is 2.08. The molecule has 1 saturated heterocycles. The van der Waals surface area contributed by atoms with Crippen molar-refractivity contribution >= 4 is 23.3 Å². The van der Waals surface area contributed by atoms with Crippen LogP contribution in [0.2, 0.25) is 0 Å². The van der Waals surface area contributed by atoms with E-state index in [1.165, 1.54) is 19.2 Å². The standard InChI is InChI=1S/C17H23N3O5/c1-12(2)16(21)19-8-4-7-18(9-10-19)13-5-6-15(20(23)24)14(11-13)17(22)25-3/h5-6,11-12H,4,7-10H2,1-3H3. The van der Waals surface area contributed by atoms with Crippen LogP contribution in [0.4, 0.5) is 11.4 Å². The number of nitro groups is 1. The molecule has 0 unspecified atom stereocenters. The van der Waals surface area contributed by atoms with E-state index in [9.17, 15) is 19.7 Å². The van der Waals surface area contributed by atoms with Crippen LogP contribution in [0.1, 0.15) is 30.6 Å². The normalized spacial score (nSPS) is 15.0. The number of carbonyl (C=O) groups is 2. The Kier molecular flexibility index (Phi) is 5.95. The molecule has 0 atom stereocenters. The molecule has 0 aliphatic carbocycles. The Labute approximate surface area is 146 Å².